The maximum atomic E-state index is 9.74. The molecule has 0 bridgehead atoms. The Bertz CT molecular complexity index is 364. The van der Waals surface area contributed by atoms with Gasteiger partial charge in [0.1, 0.15) is 5.75 Å². The number of hydrogen-bond donors (Lipinski definition) is 2. The summed E-state index contributed by atoms with van der Waals surface area (Å²) < 4.78 is 5.50. The molecule has 0 heterocycles. The Labute approximate surface area is 110 Å². The van der Waals surface area contributed by atoms with Crippen LogP contribution in [0, 0.1) is 0 Å². The lowest BCUT2D eigenvalue weighted by Crippen LogP contribution is -2.31. The molecule has 3 nitrogen and oxygen atoms in total. The van der Waals surface area contributed by atoms with Crippen LogP contribution in [0.4, 0.5) is 0 Å². The van der Waals surface area contributed by atoms with E-state index in [1.807, 2.05) is 19.9 Å². The van der Waals surface area contributed by atoms with Crippen LogP contribution in [0.5, 0.6) is 5.75 Å². The molecule has 1 rings (SSSR count). The van der Waals surface area contributed by atoms with Gasteiger partial charge in [0, 0.05) is 6.04 Å². The predicted molar refractivity (Wildman–Crippen MR) is 75.0 cm³/mol. The zero-order valence-corrected chi connectivity index (χ0v) is 11.6. The highest BCUT2D eigenvalue weighted by atomic mass is 16.5. The number of ether oxygens (including phenoxy) is 1. The monoisotopic (exact) mass is 251 g/mol. The minimum Gasteiger partial charge on any atom is -0.494 e. The van der Waals surface area contributed by atoms with E-state index in [9.17, 15) is 5.11 Å². The zero-order valence-electron chi connectivity index (χ0n) is 11.6. The minimum absolute atomic E-state index is 0.169. The van der Waals surface area contributed by atoms with Crippen molar-refractivity contribution < 1.29 is 9.84 Å². The summed E-state index contributed by atoms with van der Waals surface area (Å²) in [6.07, 6.45) is 2.11. The fraction of sp³-hybridized carbons (Fsp3) is 0.600. The molecule has 0 radical (unpaired) electrons. The van der Waals surface area contributed by atoms with Crippen molar-refractivity contribution in [2.24, 2.45) is 5.73 Å². The molecule has 3 heteroatoms. The maximum Gasteiger partial charge on any atom is 0.119 e. The summed E-state index contributed by atoms with van der Waals surface area (Å²) >= 11 is 0. The second kappa shape index (κ2) is 7.39. The standard InChI is InChI=1S/C15H25NO2/c1-4-12-10-14(18-5-2)8-6-13(12)7-9-15(17)11(3)16/h6,8,10-11,15,17H,4-5,7,9,16H2,1-3H3. The zero-order chi connectivity index (χ0) is 13.5. The molecular weight excluding hydrogens is 226 g/mol. The van der Waals surface area contributed by atoms with Gasteiger partial charge in [-0.25, -0.2) is 0 Å². The number of rotatable bonds is 7. The van der Waals surface area contributed by atoms with Gasteiger partial charge in [0.2, 0.25) is 0 Å². The van der Waals surface area contributed by atoms with E-state index in [2.05, 4.69) is 19.1 Å². The van der Waals surface area contributed by atoms with Gasteiger partial charge in [0.25, 0.3) is 0 Å². The van der Waals surface area contributed by atoms with Gasteiger partial charge in [0.05, 0.1) is 12.7 Å². The summed E-state index contributed by atoms with van der Waals surface area (Å²) in [6, 6.07) is 6.02. The molecule has 3 N–H and O–H groups in total. The van der Waals surface area contributed by atoms with Gasteiger partial charge in [-0.05, 0) is 56.4 Å². The van der Waals surface area contributed by atoms with E-state index < -0.39 is 6.10 Å². The van der Waals surface area contributed by atoms with Gasteiger partial charge in [0.15, 0.2) is 0 Å². The predicted octanol–water partition coefficient (Wildman–Crippen LogP) is 2.29. The summed E-state index contributed by atoms with van der Waals surface area (Å²) in [7, 11) is 0. The van der Waals surface area contributed by atoms with E-state index in [-0.39, 0.29) is 6.04 Å². The Morgan fingerprint density at radius 3 is 2.56 bits per heavy atom. The lowest BCUT2D eigenvalue weighted by molar-refractivity contribution is 0.141. The van der Waals surface area contributed by atoms with Crippen molar-refractivity contribution in [1.82, 2.24) is 0 Å². The lowest BCUT2D eigenvalue weighted by atomic mass is 9.97. The van der Waals surface area contributed by atoms with Crippen LogP contribution in [0.3, 0.4) is 0 Å². The van der Waals surface area contributed by atoms with Crippen LogP contribution in [-0.4, -0.2) is 23.9 Å². The fourth-order valence-electron chi connectivity index (χ4n) is 2.00. The molecule has 0 aliphatic rings. The van der Waals surface area contributed by atoms with Crippen LogP contribution in [-0.2, 0) is 12.8 Å². The molecule has 2 unspecified atom stereocenters. The number of nitrogens with two attached hydrogens (primary N) is 1. The quantitative estimate of drug-likeness (QED) is 0.781. The van der Waals surface area contributed by atoms with Crippen molar-refractivity contribution >= 4 is 0 Å². The molecule has 0 aromatic heterocycles. The number of aliphatic hydroxyl groups is 1. The van der Waals surface area contributed by atoms with E-state index in [1.54, 1.807) is 0 Å². The average molecular weight is 251 g/mol. The van der Waals surface area contributed by atoms with Gasteiger partial charge in [-0.15, -0.1) is 0 Å². The van der Waals surface area contributed by atoms with Gasteiger partial charge in [-0.3, -0.25) is 0 Å². The molecule has 0 spiro atoms. The van der Waals surface area contributed by atoms with Crippen LogP contribution in [0.25, 0.3) is 0 Å². The van der Waals surface area contributed by atoms with Gasteiger partial charge in [-0.1, -0.05) is 13.0 Å². The first-order chi connectivity index (χ1) is 8.58. The summed E-state index contributed by atoms with van der Waals surface area (Å²) in [6.45, 7) is 6.64. The number of aryl methyl sites for hydroxylation is 2. The van der Waals surface area contributed by atoms with Gasteiger partial charge >= 0.3 is 0 Å². The largest absolute Gasteiger partial charge is 0.494 e. The molecule has 0 saturated carbocycles. The van der Waals surface area contributed by atoms with Crippen LogP contribution < -0.4 is 10.5 Å². The van der Waals surface area contributed by atoms with Crippen LogP contribution in [0.1, 0.15) is 38.3 Å². The second-order valence-corrected chi connectivity index (χ2v) is 4.68. The SMILES string of the molecule is CCOc1ccc(CCC(O)C(C)N)c(CC)c1. The summed E-state index contributed by atoms with van der Waals surface area (Å²) in [5.74, 6) is 0.922. The third-order valence-electron chi connectivity index (χ3n) is 3.19. The van der Waals surface area contributed by atoms with Crippen molar-refractivity contribution in [3.8, 4) is 5.75 Å². The maximum absolute atomic E-state index is 9.74. The van der Waals surface area contributed by atoms with Gasteiger partial charge < -0.3 is 15.6 Å². The number of benzene rings is 1. The van der Waals surface area contributed by atoms with Crippen molar-refractivity contribution in [3.63, 3.8) is 0 Å². The first-order valence-corrected chi connectivity index (χ1v) is 6.76. The second-order valence-electron chi connectivity index (χ2n) is 4.68. The molecule has 18 heavy (non-hydrogen) atoms. The first-order valence-electron chi connectivity index (χ1n) is 6.76. The molecule has 2 atom stereocenters. The minimum atomic E-state index is -0.429. The molecule has 0 amide bonds. The Hall–Kier alpha value is -1.06. The highest BCUT2D eigenvalue weighted by Crippen LogP contribution is 2.20. The third kappa shape index (κ3) is 4.31. The highest BCUT2D eigenvalue weighted by molar-refractivity contribution is 5.36. The third-order valence-corrected chi connectivity index (χ3v) is 3.19. The Morgan fingerprint density at radius 1 is 1.28 bits per heavy atom. The van der Waals surface area contributed by atoms with Crippen molar-refractivity contribution in [2.75, 3.05) is 6.61 Å². The number of aliphatic hydroxyl groups excluding tert-OH is 1. The molecule has 0 saturated heterocycles. The smallest absolute Gasteiger partial charge is 0.119 e. The van der Waals surface area contributed by atoms with E-state index in [0.29, 0.717) is 13.0 Å². The van der Waals surface area contributed by atoms with Crippen LogP contribution >= 0.6 is 0 Å². The summed E-state index contributed by atoms with van der Waals surface area (Å²) in [4.78, 5) is 0. The Kier molecular flexibility index (Phi) is 6.16. The summed E-state index contributed by atoms with van der Waals surface area (Å²) in [5.41, 5.74) is 8.23. The lowest BCUT2D eigenvalue weighted by Gasteiger charge is -2.16. The molecule has 1 aromatic carbocycles. The fourth-order valence-corrected chi connectivity index (χ4v) is 2.00. The molecular formula is C15H25NO2. The van der Waals surface area contributed by atoms with Gasteiger partial charge in [-0.2, -0.15) is 0 Å². The van der Waals surface area contributed by atoms with E-state index in [1.165, 1.54) is 11.1 Å². The molecule has 0 aliphatic heterocycles. The van der Waals surface area contributed by atoms with Crippen molar-refractivity contribution in [2.45, 2.75) is 52.2 Å². The van der Waals surface area contributed by atoms with Crippen molar-refractivity contribution in [3.05, 3.63) is 29.3 Å². The van der Waals surface area contributed by atoms with E-state index in [4.69, 9.17) is 10.5 Å². The Balaban J connectivity index is 2.70. The van der Waals surface area contributed by atoms with E-state index >= 15 is 0 Å². The Morgan fingerprint density at radius 2 is 2.00 bits per heavy atom. The summed E-state index contributed by atoms with van der Waals surface area (Å²) in [5, 5.41) is 9.74. The molecule has 0 fully saturated rings. The first kappa shape index (κ1) is 15.0. The van der Waals surface area contributed by atoms with Crippen LogP contribution in [0.2, 0.25) is 0 Å². The normalized spacial score (nSPS) is 14.3. The molecule has 0 aliphatic carbocycles. The van der Waals surface area contributed by atoms with Crippen molar-refractivity contribution in [1.29, 1.82) is 0 Å². The average Bonchev–Trinajstić information content (AvgIpc) is 2.36. The number of hydrogen-bond acceptors (Lipinski definition) is 3. The van der Waals surface area contributed by atoms with E-state index in [0.717, 1.165) is 18.6 Å². The molecule has 102 valence electrons. The van der Waals surface area contributed by atoms with Crippen LogP contribution in [0.15, 0.2) is 18.2 Å². The topological polar surface area (TPSA) is 55.5 Å². The highest BCUT2D eigenvalue weighted by Gasteiger charge is 2.11. The molecule has 1 aromatic rings.